The first-order valence-electron chi connectivity index (χ1n) is 3.97. The van der Waals surface area contributed by atoms with Gasteiger partial charge in [0.25, 0.3) is 0 Å². The van der Waals surface area contributed by atoms with Gasteiger partial charge in [-0.2, -0.15) is 0 Å². The van der Waals surface area contributed by atoms with E-state index in [9.17, 15) is 0 Å². The summed E-state index contributed by atoms with van der Waals surface area (Å²) in [6, 6.07) is 3.92. The molecule has 2 rings (SSSR count). The minimum atomic E-state index is 0.686. The SMILES string of the molecule is Cc1cccnc1C1=NCCO1. The number of nitrogens with zero attached hydrogens (tertiary/aromatic N) is 2. The number of rotatable bonds is 1. The fraction of sp³-hybridized carbons (Fsp3) is 0.333. The molecular weight excluding hydrogens is 152 g/mol. The van der Waals surface area contributed by atoms with Gasteiger partial charge in [0.1, 0.15) is 12.3 Å². The Morgan fingerprint density at radius 1 is 1.50 bits per heavy atom. The first-order valence-corrected chi connectivity index (χ1v) is 3.97. The van der Waals surface area contributed by atoms with Crippen LogP contribution in [0, 0.1) is 6.92 Å². The molecule has 1 aromatic heterocycles. The number of aliphatic imine (C=N–C) groups is 1. The molecule has 0 amide bonds. The van der Waals surface area contributed by atoms with Gasteiger partial charge in [-0.05, 0) is 18.6 Å². The lowest BCUT2D eigenvalue weighted by molar-refractivity contribution is 0.347. The summed E-state index contributed by atoms with van der Waals surface area (Å²) in [6.07, 6.45) is 1.76. The first-order chi connectivity index (χ1) is 5.88. The zero-order valence-electron chi connectivity index (χ0n) is 6.95. The highest BCUT2D eigenvalue weighted by atomic mass is 16.5. The molecule has 3 heteroatoms. The van der Waals surface area contributed by atoms with E-state index in [1.54, 1.807) is 6.20 Å². The average Bonchev–Trinajstić information content (AvgIpc) is 2.57. The molecule has 12 heavy (non-hydrogen) atoms. The van der Waals surface area contributed by atoms with Gasteiger partial charge < -0.3 is 4.74 Å². The molecule has 0 saturated heterocycles. The molecule has 0 fully saturated rings. The monoisotopic (exact) mass is 162 g/mol. The van der Waals surface area contributed by atoms with Crippen LogP contribution in [0.1, 0.15) is 11.3 Å². The van der Waals surface area contributed by atoms with E-state index in [1.807, 2.05) is 19.1 Å². The summed E-state index contributed by atoms with van der Waals surface area (Å²) < 4.78 is 5.31. The molecule has 1 aromatic rings. The molecule has 0 aliphatic carbocycles. The van der Waals surface area contributed by atoms with Crippen LogP contribution >= 0.6 is 0 Å². The molecule has 0 atom stereocenters. The van der Waals surface area contributed by atoms with Gasteiger partial charge in [0.15, 0.2) is 0 Å². The maximum absolute atomic E-state index is 5.31. The molecule has 0 saturated carbocycles. The topological polar surface area (TPSA) is 34.5 Å². The van der Waals surface area contributed by atoms with Crippen LogP contribution in [0.2, 0.25) is 0 Å². The number of pyridine rings is 1. The maximum Gasteiger partial charge on any atom is 0.235 e. The highest BCUT2D eigenvalue weighted by molar-refractivity contribution is 5.94. The second-order valence-corrected chi connectivity index (χ2v) is 2.70. The fourth-order valence-corrected chi connectivity index (χ4v) is 1.19. The van der Waals surface area contributed by atoms with Crippen LogP contribution < -0.4 is 0 Å². The highest BCUT2D eigenvalue weighted by Crippen LogP contribution is 2.08. The van der Waals surface area contributed by atoms with Crippen LogP contribution in [-0.4, -0.2) is 24.0 Å². The van der Waals surface area contributed by atoms with Crippen molar-refractivity contribution < 1.29 is 4.74 Å². The van der Waals surface area contributed by atoms with Crippen LogP contribution in [-0.2, 0) is 4.74 Å². The molecule has 1 aliphatic rings. The van der Waals surface area contributed by atoms with Gasteiger partial charge in [-0.3, -0.25) is 4.98 Å². The van der Waals surface area contributed by atoms with Gasteiger partial charge in [-0.15, -0.1) is 0 Å². The third-order valence-corrected chi connectivity index (χ3v) is 1.80. The minimum Gasteiger partial charge on any atom is -0.474 e. The molecule has 0 spiro atoms. The Balaban J connectivity index is 2.39. The molecule has 0 unspecified atom stereocenters. The van der Waals surface area contributed by atoms with Gasteiger partial charge in [-0.25, -0.2) is 4.99 Å². The van der Waals surface area contributed by atoms with Gasteiger partial charge in [0, 0.05) is 6.20 Å². The van der Waals surface area contributed by atoms with E-state index in [0.29, 0.717) is 12.5 Å². The number of ether oxygens (including phenoxy) is 1. The van der Waals surface area contributed by atoms with Crippen LogP contribution in [0.15, 0.2) is 23.3 Å². The zero-order chi connectivity index (χ0) is 8.39. The first kappa shape index (κ1) is 7.28. The van der Waals surface area contributed by atoms with Gasteiger partial charge in [0.2, 0.25) is 5.90 Å². The Morgan fingerprint density at radius 3 is 3.08 bits per heavy atom. The summed E-state index contributed by atoms with van der Waals surface area (Å²) in [5, 5.41) is 0. The van der Waals surface area contributed by atoms with Crippen LogP contribution in [0.4, 0.5) is 0 Å². The Morgan fingerprint density at radius 2 is 2.42 bits per heavy atom. The third kappa shape index (κ3) is 1.18. The van der Waals surface area contributed by atoms with E-state index in [4.69, 9.17) is 4.74 Å². The van der Waals surface area contributed by atoms with E-state index in [0.717, 1.165) is 17.8 Å². The molecule has 3 nitrogen and oxygen atoms in total. The predicted molar refractivity (Wildman–Crippen MR) is 46.3 cm³/mol. The van der Waals surface area contributed by atoms with Crippen molar-refractivity contribution in [1.82, 2.24) is 4.98 Å². The zero-order valence-corrected chi connectivity index (χ0v) is 6.95. The number of aromatic nitrogens is 1. The molecule has 62 valence electrons. The Hall–Kier alpha value is -1.38. The van der Waals surface area contributed by atoms with E-state index in [2.05, 4.69) is 9.98 Å². The van der Waals surface area contributed by atoms with Crippen molar-refractivity contribution in [2.45, 2.75) is 6.92 Å². The van der Waals surface area contributed by atoms with Crippen molar-refractivity contribution in [1.29, 1.82) is 0 Å². The van der Waals surface area contributed by atoms with E-state index in [-0.39, 0.29) is 0 Å². The molecule has 0 bridgehead atoms. The van der Waals surface area contributed by atoms with Crippen LogP contribution in [0.5, 0.6) is 0 Å². The molecule has 2 heterocycles. The second kappa shape index (κ2) is 2.93. The van der Waals surface area contributed by atoms with Crippen molar-refractivity contribution >= 4 is 5.90 Å². The summed E-state index contributed by atoms with van der Waals surface area (Å²) in [5.74, 6) is 0.688. The summed E-state index contributed by atoms with van der Waals surface area (Å²) in [6.45, 7) is 3.45. The molecular formula is C9H10N2O. The van der Waals surface area contributed by atoms with E-state index < -0.39 is 0 Å². The lowest BCUT2D eigenvalue weighted by Crippen LogP contribution is -2.05. The minimum absolute atomic E-state index is 0.686. The van der Waals surface area contributed by atoms with Gasteiger partial charge in [-0.1, -0.05) is 6.07 Å². The lowest BCUT2D eigenvalue weighted by Gasteiger charge is -2.02. The number of hydrogen-bond donors (Lipinski definition) is 0. The van der Waals surface area contributed by atoms with Crippen molar-refractivity contribution in [2.24, 2.45) is 4.99 Å². The standard InChI is InChI=1S/C9H10N2O/c1-7-3-2-4-10-8(7)9-11-5-6-12-9/h2-4H,5-6H2,1H3. The Labute approximate surface area is 71.1 Å². The maximum atomic E-state index is 5.31. The normalized spacial score (nSPS) is 15.6. The highest BCUT2D eigenvalue weighted by Gasteiger charge is 2.12. The van der Waals surface area contributed by atoms with Crippen LogP contribution in [0.25, 0.3) is 0 Å². The average molecular weight is 162 g/mol. The van der Waals surface area contributed by atoms with Crippen molar-refractivity contribution in [2.75, 3.05) is 13.2 Å². The van der Waals surface area contributed by atoms with E-state index >= 15 is 0 Å². The Kier molecular flexibility index (Phi) is 1.78. The number of hydrogen-bond acceptors (Lipinski definition) is 3. The Bertz CT molecular complexity index is 320. The summed E-state index contributed by atoms with van der Waals surface area (Å²) in [7, 11) is 0. The van der Waals surface area contributed by atoms with Crippen molar-refractivity contribution in [3.63, 3.8) is 0 Å². The smallest absolute Gasteiger partial charge is 0.235 e. The van der Waals surface area contributed by atoms with Gasteiger partial charge >= 0.3 is 0 Å². The van der Waals surface area contributed by atoms with Gasteiger partial charge in [0.05, 0.1) is 6.54 Å². The predicted octanol–water partition coefficient (Wildman–Crippen LogP) is 1.17. The largest absolute Gasteiger partial charge is 0.474 e. The summed E-state index contributed by atoms with van der Waals surface area (Å²) >= 11 is 0. The molecule has 1 aliphatic heterocycles. The van der Waals surface area contributed by atoms with Crippen molar-refractivity contribution in [3.8, 4) is 0 Å². The van der Waals surface area contributed by atoms with E-state index in [1.165, 1.54) is 0 Å². The second-order valence-electron chi connectivity index (χ2n) is 2.70. The summed E-state index contributed by atoms with van der Waals surface area (Å²) in [5.41, 5.74) is 1.98. The fourth-order valence-electron chi connectivity index (χ4n) is 1.19. The molecule has 0 N–H and O–H groups in total. The lowest BCUT2D eigenvalue weighted by atomic mass is 10.2. The summed E-state index contributed by atoms with van der Waals surface area (Å²) in [4.78, 5) is 8.40. The van der Waals surface area contributed by atoms with Crippen molar-refractivity contribution in [3.05, 3.63) is 29.6 Å². The quantitative estimate of drug-likeness (QED) is 0.621. The number of aryl methyl sites for hydroxylation is 1. The van der Waals surface area contributed by atoms with Crippen LogP contribution in [0.3, 0.4) is 0 Å². The molecule has 0 radical (unpaired) electrons. The molecule has 0 aromatic carbocycles. The third-order valence-electron chi connectivity index (χ3n) is 1.80.